The van der Waals surface area contributed by atoms with Crippen molar-refractivity contribution < 1.29 is 23.4 Å². The third-order valence-electron chi connectivity index (χ3n) is 6.56. The van der Waals surface area contributed by atoms with E-state index in [9.17, 15) is 9.59 Å². The quantitative estimate of drug-likeness (QED) is 0.322. The molecular weight excluding hydrogens is 488 g/mol. The van der Waals surface area contributed by atoms with Crippen molar-refractivity contribution in [1.82, 2.24) is 30.5 Å². The highest BCUT2D eigenvalue weighted by Gasteiger charge is 2.51. The van der Waals surface area contributed by atoms with Crippen molar-refractivity contribution in [3.05, 3.63) is 77.8 Å². The lowest BCUT2D eigenvalue weighted by Gasteiger charge is -2.16. The van der Waals surface area contributed by atoms with Gasteiger partial charge in [-0.15, -0.1) is 0 Å². The van der Waals surface area contributed by atoms with Crippen LogP contribution in [-0.2, 0) is 11.3 Å². The Hall–Kier alpha value is -4.93. The fourth-order valence-corrected chi connectivity index (χ4v) is 4.38. The summed E-state index contributed by atoms with van der Waals surface area (Å²) in [7, 11) is 1.43. The molecule has 38 heavy (non-hydrogen) atoms. The number of benzene rings is 2. The summed E-state index contributed by atoms with van der Waals surface area (Å²) in [6.07, 6.45) is 1.10. The third-order valence-corrected chi connectivity index (χ3v) is 6.56. The summed E-state index contributed by atoms with van der Waals surface area (Å²) in [5, 5.41) is 14.3. The van der Waals surface area contributed by atoms with Crippen LogP contribution in [0.4, 0.5) is 0 Å². The summed E-state index contributed by atoms with van der Waals surface area (Å²) < 4.78 is 17.4. The molecule has 6 rings (SSSR count). The molecule has 0 spiro atoms. The van der Waals surface area contributed by atoms with Gasteiger partial charge in [0.05, 0.1) is 18.7 Å². The van der Waals surface area contributed by atoms with Gasteiger partial charge >= 0.3 is 0 Å². The first-order valence-electron chi connectivity index (χ1n) is 12.1. The van der Waals surface area contributed by atoms with Gasteiger partial charge in [0.2, 0.25) is 11.7 Å². The van der Waals surface area contributed by atoms with Crippen LogP contribution < -0.4 is 15.4 Å². The zero-order valence-electron chi connectivity index (χ0n) is 20.7. The van der Waals surface area contributed by atoms with E-state index in [1.165, 1.54) is 13.2 Å². The molecule has 11 nitrogen and oxygen atoms in total. The highest BCUT2D eigenvalue weighted by Crippen LogP contribution is 2.36. The number of para-hydroxylation sites is 1. The topological polar surface area (TPSA) is 137 Å². The second kappa shape index (κ2) is 9.18. The van der Waals surface area contributed by atoms with Gasteiger partial charge in [0.1, 0.15) is 11.2 Å². The number of fused-ring (bicyclic) bond motifs is 1. The number of hydrogen-bond acceptors (Lipinski definition) is 8. The normalized spacial score (nSPS) is 13.8. The van der Waals surface area contributed by atoms with E-state index in [0.717, 1.165) is 27.8 Å². The van der Waals surface area contributed by atoms with Gasteiger partial charge in [-0.3, -0.25) is 9.59 Å². The van der Waals surface area contributed by atoms with Crippen LogP contribution in [0, 0.1) is 6.92 Å². The van der Waals surface area contributed by atoms with Gasteiger partial charge in [-0.25, -0.2) is 0 Å². The molecule has 0 atom stereocenters. The first-order valence-corrected chi connectivity index (χ1v) is 12.1. The molecule has 3 heterocycles. The molecule has 0 unspecified atom stereocenters. The Morgan fingerprint density at radius 3 is 2.53 bits per heavy atom. The van der Waals surface area contributed by atoms with Gasteiger partial charge in [-0.1, -0.05) is 35.5 Å². The van der Waals surface area contributed by atoms with Gasteiger partial charge in [0.25, 0.3) is 17.7 Å². The number of hydrogen-bond donors (Lipinski definition) is 2. The Kier molecular flexibility index (Phi) is 5.67. The first kappa shape index (κ1) is 23.5. The molecule has 192 valence electrons. The Bertz CT molecular complexity index is 1640. The number of aryl methyl sites for hydroxylation is 1. The summed E-state index contributed by atoms with van der Waals surface area (Å²) in [4.78, 5) is 29.8. The van der Waals surface area contributed by atoms with E-state index in [-0.39, 0.29) is 17.5 Å². The molecule has 3 aromatic heterocycles. The van der Waals surface area contributed by atoms with Gasteiger partial charge in [0.15, 0.2) is 5.82 Å². The van der Waals surface area contributed by atoms with E-state index < -0.39 is 11.4 Å². The molecule has 1 aliphatic rings. The number of aromatic nitrogens is 4. The second-order valence-corrected chi connectivity index (χ2v) is 9.19. The van der Waals surface area contributed by atoms with E-state index in [1.54, 1.807) is 6.92 Å². The number of carbonyl (C=O) groups excluding carboxylic acids is 2. The molecule has 0 bridgehead atoms. The van der Waals surface area contributed by atoms with Gasteiger partial charge < -0.3 is 29.0 Å². The van der Waals surface area contributed by atoms with Crippen LogP contribution in [0.3, 0.4) is 0 Å². The standard InChI is InChI=1S/C27H24N6O5/c1-16-29-25(38-31-16)21-13-18-5-3-4-6-20(18)33(21)19-9-7-17(8-10-19)15-28-26(35)27(11-12-27)30-24(34)22-14-23(36-2)32-37-22/h3-10,13-14H,11-12,15H2,1-2H3,(H,28,35)(H,30,34). The molecule has 2 amide bonds. The van der Waals surface area contributed by atoms with E-state index in [0.29, 0.717) is 31.1 Å². The fourth-order valence-electron chi connectivity index (χ4n) is 4.38. The predicted octanol–water partition coefficient (Wildman–Crippen LogP) is 3.56. The molecule has 2 N–H and O–H groups in total. The SMILES string of the molecule is COc1cc(C(=O)NC2(C(=O)NCc3ccc(-n4c(-c5nc(C)no5)cc5ccccc54)cc3)CC2)on1. The number of nitrogens with zero attached hydrogens (tertiary/aromatic N) is 4. The molecular formula is C27H24N6O5. The van der Waals surface area contributed by atoms with E-state index >= 15 is 0 Å². The lowest BCUT2D eigenvalue weighted by atomic mass is 10.1. The molecule has 0 aliphatic heterocycles. The Morgan fingerprint density at radius 2 is 1.84 bits per heavy atom. The van der Waals surface area contributed by atoms with Crippen molar-refractivity contribution in [3.8, 4) is 23.2 Å². The Morgan fingerprint density at radius 1 is 1.05 bits per heavy atom. The van der Waals surface area contributed by atoms with Crippen molar-refractivity contribution in [1.29, 1.82) is 0 Å². The lowest BCUT2D eigenvalue weighted by molar-refractivity contribution is -0.124. The van der Waals surface area contributed by atoms with Crippen molar-refractivity contribution in [3.63, 3.8) is 0 Å². The molecule has 1 fully saturated rings. The fraction of sp³-hybridized carbons (Fsp3) is 0.222. The van der Waals surface area contributed by atoms with Crippen LogP contribution in [-0.4, -0.2) is 44.3 Å². The zero-order valence-corrected chi connectivity index (χ0v) is 20.7. The number of carbonyl (C=O) groups is 2. The summed E-state index contributed by atoms with van der Waals surface area (Å²) in [5.41, 5.74) is 2.69. The van der Waals surface area contributed by atoms with Crippen molar-refractivity contribution in [2.45, 2.75) is 31.8 Å². The molecule has 0 radical (unpaired) electrons. The molecule has 11 heteroatoms. The molecule has 1 saturated carbocycles. The van der Waals surface area contributed by atoms with Crippen LogP contribution in [0.1, 0.15) is 34.8 Å². The predicted molar refractivity (Wildman–Crippen MR) is 136 cm³/mol. The lowest BCUT2D eigenvalue weighted by Crippen LogP contribution is -2.48. The van der Waals surface area contributed by atoms with Crippen LogP contribution in [0.25, 0.3) is 28.2 Å². The van der Waals surface area contributed by atoms with Crippen molar-refractivity contribution in [2.75, 3.05) is 7.11 Å². The van der Waals surface area contributed by atoms with Crippen molar-refractivity contribution in [2.24, 2.45) is 0 Å². The third kappa shape index (κ3) is 4.27. The number of nitrogens with one attached hydrogen (secondary N) is 2. The van der Waals surface area contributed by atoms with Gasteiger partial charge in [-0.2, -0.15) is 4.98 Å². The smallest absolute Gasteiger partial charge is 0.290 e. The minimum absolute atomic E-state index is 0.0101. The zero-order chi connectivity index (χ0) is 26.3. The largest absolute Gasteiger partial charge is 0.479 e. The summed E-state index contributed by atoms with van der Waals surface area (Å²) >= 11 is 0. The Balaban J connectivity index is 1.16. The highest BCUT2D eigenvalue weighted by atomic mass is 16.5. The average Bonchev–Trinajstić information content (AvgIpc) is 3.27. The molecule has 1 aliphatic carbocycles. The van der Waals surface area contributed by atoms with Gasteiger partial charge in [0, 0.05) is 17.6 Å². The summed E-state index contributed by atoms with van der Waals surface area (Å²) in [6, 6.07) is 19.3. The summed E-state index contributed by atoms with van der Waals surface area (Å²) in [5.74, 6) is 0.434. The van der Waals surface area contributed by atoms with Crippen LogP contribution in [0.5, 0.6) is 5.88 Å². The minimum atomic E-state index is -0.946. The maximum absolute atomic E-state index is 12.9. The monoisotopic (exact) mass is 512 g/mol. The summed E-state index contributed by atoms with van der Waals surface area (Å²) in [6.45, 7) is 2.10. The van der Waals surface area contributed by atoms with Gasteiger partial charge in [-0.05, 0) is 54.8 Å². The number of amides is 2. The number of rotatable bonds is 8. The van der Waals surface area contributed by atoms with E-state index in [1.807, 2.05) is 54.6 Å². The molecule has 5 aromatic rings. The minimum Gasteiger partial charge on any atom is -0.479 e. The van der Waals surface area contributed by atoms with Crippen LogP contribution in [0.15, 0.2) is 69.7 Å². The number of ether oxygens (including phenoxy) is 1. The van der Waals surface area contributed by atoms with Crippen molar-refractivity contribution >= 4 is 22.7 Å². The van der Waals surface area contributed by atoms with E-state index in [4.69, 9.17) is 13.8 Å². The average molecular weight is 513 g/mol. The number of methoxy groups -OCH3 is 1. The van der Waals surface area contributed by atoms with E-state index in [2.05, 4.69) is 30.5 Å². The van der Waals surface area contributed by atoms with Crippen LogP contribution >= 0.6 is 0 Å². The van der Waals surface area contributed by atoms with Crippen LogP contribution in [0.2, 0.25) is 0 Å². The molecule has 2 aromatic carbocycles. The first-order chi connectivity index (χ1) is 18.5. The highest BCUT2D eigenvalue weighted by molar-refractivity contribution is 5.99. The second-order valence-electron chi connectivity index (χ2n) is 9.19. The maximum atomic E-state index is 12.9. The molecule has 0 saturated heterocycles. The Labute approximate surface area is 216 Å². The maximum Gasteiger partial charge on any atom is 0.290 e.